The number of primary amides is 1. The van der Waals surface area contributed by atoms with E-state index in [2.05, 4.69) is 14.7 Å². The lowest BCUT2D eigenvalue weighted by Crippen LogP contribution is -2.48. The summed E-state index contributed by atoms with van der Waals surface area (Å²) in [6.07, 6.45) is 1.14. The van der Waals surface area contributed by atoms with Crippen LogP contribution in [0.4, 0.5) is 4.79 Å². The molecule has 0 aliphatic carbocycles. The van der Waals surface area contributed by atoms with E-state index in [9.17, 15) is 9.59 Å². The number of amides is 1. The third kappa shape index (κ3) is 3.17. The molecule has 2 bridgehead atoms. The van der Waals surface area contributed by atoms with E-state index in [0.29, 0.717) is 11.3 Å². The number of fused-ring (bicyclic) bond motifs is 4. The molecule has 0 unspecified atom stereocenters. The van der Waals surface area contributed by atoms with Gasteiger partial charge < -0.3 is 15.4 Å². The smallest absolute Gasteiger partial charge is 0.371 e. The highest BCUT2D eigenvalue weighted by molar-refractivity contribution is 6.06. The van der Waals surface area contributed by atoms with Crippen molar-refractivity contribution >= 4 is 23.0 Å². The van der Waals surface area contributed by atoms with Gasteiger partial charge in [-0.05, 0) is 55.1 Å². The maximum atomic E-state index is 12.6. The Morgan fingerprint density at radius 2 is 1.79 bits per heavy atom. The topological polar surface area (TPSA) is 90.5 Å². The third-order valence-electron chi connectivity index (χ3n) is 6.14. The molecule has 29 heavy (non-hydrogen) atoms. The Bertz CT molecular complexity index is 1080. The van der Waals surface area contributed by atoms with E-state index in [-0.39, 0.29) is 11.7 Å². The first-order valence-electron chi connectivity index (χ1n) is 9.92. The Balaban J connectivity index is 1.64. The molecule has 0 spiro atoms. The molecular weight excluding hydrogens is 368 g/mol. The summed E-state index contributed by atoms with van der Waals surface area (Å²) in [5, 5.41) is 5.30. The first-order valence-corrected chi connectivity index (χ1v) is 9.92. The van der Waals surface area contributed by atoms with Crippen LogP contribution in [0.1, 0.15) is 29.4 Å². The lowest BCUT2D eigenvalue weighted by atomic mass is 9.84. The van der Waals surface area contributed by atoms with Crippen molar-refractivity contribution in [1.82, 2.24) is 14.7 Å². The van der Waals surface area contributed by atoms with Gasteiger partial charge in [0, 0.05) is 11.9 Å². The van der Waals surface area contributed by atoms with Crippen LogP contribution in [0.5, 0.6) is 0 Å². The average molecular weight is 390 g/mol. The molecule has 1 aromatic heterocycles. The van der Waals surface area contributed by atoms with E-state index in [1.165, 1.54) is 0 Å². The molecule has 0 saturated carbocycles. The van der Waals surface area contributed by atoms with Crippen LogP contribution in [0.2, 0.25) is 0 Å². The number of carbonyl (C=O) groups is 2. The van der Waals surface area contributed by atoms with Crippen LogP contribution >= 0.6 is 0 Å². The standard InChI is InChI=1S/C22H22N4O3/c23-22(28)29-21(27)20-17-12-16(14-4-2-1-3-5-14)6-7-18(17)26(24-20)19-13-25-10-8-15(19)9-11-25/h1-7,12,15,19H,8-11,13H2,(H2,23,28)/t19-/m1/s1. The largest absolute Gasteiger partial charge is 0.412 e. The average Bonchev–Trinajstić information content (AvgIpc) is 3.13. The quantitative estimate of drug-likeness (QED) is 0.548. The molecule has 3 aromatic rings. The molecule has 7 heteroatoms. The van der Waals surface area contributed by atoms with Gasteiger partial charge in [0.2, 0.25) is 0 Å². The molecule has 2 N–H and O–H groups in total. The van der Waals surface area contributed by atoms with E-state index in [1.54, 1.807) is 0 Å². The van der Waals surface area contributed by atoms with Crippen LogP contribution < -0.4 is 5.73 Å². The van der Waals surface area contributed by atoms with Crippen molar-refractivity contribution in [1.29, 1.82) is 0 Å². The van der Waals surface area contributed by atoms with E-state index >= 15 is 0 Å². The van der Waals surface area contributed by atoms with Crippen molar-refractivity contribution in [2.75, 3.05) is 19.6 Å². The molecule has 3 aliphatic heterocycles. The molecule has 0 radical (unpaired) electrons. The van der Waals surface area contributed by atoms with Crippen molar-refractivity contribution in [3.05, 3.63) is 54.2 Å². The van der Waals surface area contributed by atoms with Crippen molar-refractivity contribution in [3.63, 3.8) is 0 Å². The Labute approximate surface area is 168 Å². The number of carbonyl (C=O) groups excluding carboxylic acids is 2. The predicted molar refractivity (Wildman–Crippen MR) is 108 cm³/mol. The fourth-order valence-corrected chi connectivity index (χ4v) is 4.71. The number of aromatic nitrogens is 2. The van der Waals surface area contributed by atoms with Gasteiger partial charge in [0.15, 0.2) is 5.69 Å². The molecule has 7 nitrogen and oxygen atoms in total. The number of nitrogens with two attached hydrogens (primary N) is 1. The summed E-state index contributed by atoms with van der Waals surface area (Å²) in [6, 6.07) is 16.1. The monoisotopic (exact) mass is 390 g/mol. The van der Waals surface area contributed by atoms with Crippen LogP contribution in [0.15, 0.2) is 48.5 Å². The molecule has 3 fully saturated rings. The number of hydrogen-bond acceptors (Lipinski definition) is 5. The molecule has 6 rings (SSSR count). The summed E-state index contributed by atoms with van der Waals surface area (Å²) in [6.45, 7) is 3.16. The van der Waals surface area contributed by atoms with Crippen LogP contribution in [0, 0.1) is 5.92 Å². The van der Waals surface area contributed by atoms with Gasteiger partial charge in [-0.15, -0.1) is 0 Å². The normalized spacial score (nSPS) is 23.2. The zero-order chi connectivity index (χ0) is 20.0. The number of nitrogens with zero attached hydrogens (tertiary/aromatic N) is 3. The Hall–Kier alpha value is -3.19. The minimum Gasteiger partial charge on any atom is -0.371 e. The van der Waals surface area contributed by atoms with Crippen LogP contribution in [-0.4, -0.2) is 46.4 Å². The lowest BCUT2D eigenvalue weighted by molar-refractivity contribution is 0.0518. The zero-order valence-electron chi connectivity index (χ0n) is 16.0. The van der Waals surface area contributed by atoms with E-state index in [4.69, 9.17) is 5.73 Å². The van der Waals surface area contributed by atoms with Crippen LogP contribution in [0.3, 0.4) is 0 Å². The highest BCUT2D eigenvalue weighted by Gasteiger charge is 2.37. The maximum absolute atomic E-state index is 12.6. The molecule has 4 heterocycles. The Morgan fingerprint density at radius 1 is 1.03 bits per heavy atom. The number of ether oxygens (including phenoxy) is 1. The van der Waals surface area contributed by atoms with Gasteiger partial charge in [-0.25, -0.2) is 9.59 Å². The summed E-state index contributed by atoms with van der Waals surface area (Å²) < 4.78 is 6.62. The van der Waals surface area contributed by atoms with Gasteiger partial charge in [-0.3, -0.25) is 4.68 Å². The van der Waals surface area contributed by atoms with Crippen molar-refractivity contribution in [2.45, 2.75) is 18.9 Å². The van der Waals surface area contributed by atoms with Gasteiger partial charge in [-0.1, -0.05) is 36.4 Å². The summed E-state index contributed by atoms with van der Waals surface area (Å²) in [5.74, 6) is -0.273. The molecular formula is C22H22N4O3. The van der Waals surface area contributed by atoms with E-state index < -0.39 is 12.1 Å². The molecule has 3 aliphatic rings. The zero-order valence-corrected chi connectivity index (χ0v) is 16.0. The fourth-order valence-electron chi connectivity index (χ4n) is 4.71. The van der Waals surface area contributed by atoms with Crippen molar-refractivity contribution in [3.8, 4) is 11.1 Å². The second-order valence-electron chi connectivity index (χ2n) is 7.81. The second kappa shape index (κ2) is 7.00. The van der Waals surface area contributed by atoms with Crippen molar-refractivity contribution in [2.24, 2.45) is 11.7 Å². The van der Waals surface area contributed by atoms with Crippen LogP contribution in [-0.2, 0) is 4.74 Å². The van der Waals surface area contributed by atoms with Gasteiger partial charge >= 0.3 is 12.1 Å². The molecule has 3 saturated heterocycles. The summed E-state index contributed by atoms with van der Waals surface area (Å²) in [7, 11) is 0. The first kappa shape index (κ1) is 17.9. The first-order chi connectivity index (χ1) is 14.1. The summed E-state index contributed by atoms with van der Waals surface area (Å²) in [4.78, 5) is 26.2. The van der Waals surface area contributed by atoms with E-state index in [0.717, 1.165) is 49.1 Å². The highest BCUT2D eigenvalue weighted by atomic mass is 16.6. The number of benzene rings is 2. The molecule has 2 aromatic carbocycles. The minimum absolute atomic E-state index is 0.132. The Morgan fingerprint density at radius 3 is 2.45 bits per heavy atom. The lowest BCUT2D eigenvalue weighted by Gasteiger charge is -2.44. The molecule has 1 amide bonds. The minimum atomic E-state index is -1.13. The van der Waals surface area contributed by atoms with Crippen LogP contribution in [0.25, 0.3) is 22.0 Å². The number of hydrogen-bond donors (Lipinski definition) is 1. The third-order valence-corrected chi connectivity index (χ3v) is 6.14. The SMILES string of the molecule is NC(=O)OC(=O)c1nn([C@@H]2CN3CCC2CC3)c2ccc(-c3ccccc3)cc12. The second-order valence-corrected chi connectivity index (χ2v) is 7.81. The molecule has 148 valence electrons. The predicted octanol–water partition coefficient (Wildman–Crippen LogP) is 3.21. The maximum Gasteiger partial charge on any atom is 0.412 e. The van der Waals surface area contributed by atoms with Crippen molar-refractivity contribution < 1.29 is 14.3 Å². The van der Waals surface area contributed by atoms with Gasteiger partial charge in [0.05, 0.1) is 11.6 Å². The van der Waals surface area contributed by atoms with Gasteiger partial charge in [0.25, 0.3) is 0 Å². The highest BCUT2D eigenvalue weighted by Crippen LogP contribution is 2.38. The van der Waals surface area contributed by atoms with Gasteiger partial charge in [0.1, 0.15) is 0 Å². The number of rotatable bonds is 3. The number of piperidine rings is 3. The summed E-state index contributed by atoms with van der Waals surface area (Å²) >= 11 is 0. The molecule has 1 atom stereocenters. The summed E-state index contributed by atoms with van der Waals surface area (Å²) in [5.41, 5.74) is 8.09. The fraction of sp³-hybridized carbons (Fsp3) is 0.318. The Kier molecular flexibility index (Phi) is 4.32. The van der Waals surface area contributed by atoms with Gasteiger partial charge in [-0.2, -0.15) is 5.10 Å². The van der Waals surface area contributed by atoms with E-state index in [1.807, 2.05) is 53.2 Å². The number of esters is 1.